The van der Waals surface area contributed by atoms with E-state index in [-0.39, 0.29) is 6.10 Å². The fourth-order valence-corrected chi connectivity index (χ4v) is 3.28. The van der Waals surface area contributed by atoms with E-state index in [2.05, 4.69) is 34.7 Å². The topological polar surface area (TPSA) is 23.5 Å². The molecule has 0 bridgehead atoms. The van der Waals surface area contributed by atoms with Gasteiger partial charge in [0.2, 0.25) is 0 Å². The predicted molar refractivity (Wildman–Crippen MR) is 78.5 cm³/mol. The van der Waals surface area contributed by atoms with Crippen molar-refractivity contribution in [2.45, 2.75) is 38.8 Å². The van der Waals surface area contributed by atoms with Crippen LogP contribution in [0.25, 0.3) is 0 Å². The Morgan fingerprint density at radius 2 is 2.22 bits per heavy atom. The van der Waals surface area contributed by atoms with E-state index in [1.165, 1.54) is 13.0 Å². The molecule has 2 nitrogen and oxygen atoms in total. The van der Waals surface area contributed by atoms with Gasteiger partial charge in [-0.25, -0.2) is 0 Å². The van der Waals surface area contributed by atoms with E-state index >= 15 is 0 Å². The minimum Gasteiger partial charge on any atom is -0.388 e. The lowest BCUT2D eigenvalue weighted by atomic mass is 10.1. The predicted octanol–water partition coefficient (Wildman–Crippen LogP) is 3.60. The molecule has 1 N–H and O–H groups in total. The second-order valence-electron chi connectivity index (χ2n) is 5.54. The molecule has 0 radical (unpaired) electrons. The molecule has 0 saturated carbocycles. The Labute approximate surface area is 118 Å². The summed E-state index contributed by atoms with van der Waals surface area (Å²) in [4.78, 5) is 2.49. The van der Waals surface area contributed by atoms with Gasteiger partial charge in [0.15, 0.2) is 0 Å². The number of nitrogens with zero attached hydrogens (tertiary/aromatic N) is 1. The van der Waals surface area contributed by atoms with Crippen molar-refractivity contribution < 1.29 is 5.11 Å². The summed E-state index contributed by atoms with van der Waals surface area (Å²) in [6.45, 7) is 6.75. The quantitative estimate of drug-likeness (QED) is 0.918. The minimum absolute atomic E-state index is 0.356. The molecule has 1 heterocycles. The average Bonchev–Trinajstić information content (AvgIpc) is 2.65. The largest absolute Gasteiger partial charge is 0.388 e. The Bertz CT molecular complexity index is 396. The first-order valence-corrected chi connectivity index (χ1v) is 7.53. The maximum atomic E-state index is 10.2. The van der Waals surface area contributed by atoms with Crippen LogP contribution in [0.15, 0.2) is 28.7 Å². The van der Waals surface area contributed by atoms with Crippen LogP contribution in [-0.4, -0.2) is 29.1 Å². The number of aliphatic hydroxyl groups is 1. The Morgan fingerprint density at radius 1 is 1.44 bits per heavy atom. The lowest BCUT2D eigenvalue weighted by Crippen LogP contribution is -2.29. The first-order chi connectivity index (χ1) is 8.56. The molecule has 1 aromatic carbocycles. The molecule has 0 aromatic heterocycles. The summed E-state index contributed by atoms with van der Waals surface area (Å²) in [6, 6.07) is 8.62. The summed E-state index contributed by atoms with van der Waals surface area (Å²) >= 11 is 3.44. The van der Waals surface area contributed by atoms with Gasteiger partial charge >= 0.3 is 0 Å². The zero-order valence-electron chi connectivity index (χ0n) is 11.1. The molecule has 1 saturated heterocycles. The fraction of sp³-hybridized carbons (Fsp3) is 0.600. The van der Waals surface area contributed by atoms with E-state index < -0.39 is 0 Å². The lowest BCUT2D eigenvalue weighted by Gasteiger charge is -2.22. The van der Waals surface area contributed by atoms with E-state index in [0.29, 0.717) is 6.04 Å². The Kier molecular flexibility index (Phi) is 4.82. The molecule has 1 aromatic rings. The normalized spacial score (nSPS) is 26.4. The van der Waals surface area contributed by atoms with Gasteiger partial charge in [-0.2, -0.15) is 0 Å². The first kappa shape index (κ1) is 14.0. The summed E-state index contributed by atoms with van der Waals surface area (Å²) in [5.74, 6) is 0.794. The van der Waals surface area contributed by atoms with E-state index in [9.17, 15) is 5.11 Å². The molecule has 3 atom stereocenters. The third kappa shape index (κ3) is 3.56. The molecular weight excluding hydrogens is 290 g/mol. The van der Waals surface area contributed by atoms with Crippen molar-refractivity contribution in [3.63, 3.8) is 0 Å². The van der Waals surface area contributed by atoms with E-state index in [4.69, 9.17) is 0 Å². The molecular formula is C15H22BrNO. The van der Waals surface area contributed by atoms with Gasteiger partial charge in [0.05, 0.1) is 6.10 Å². The number of aliphatic hydroxyl groups excluding tert-OH is 1. The summed E-state index contributed by atoms with van der Waals surface area (Å²) < 4.78 is 1.03. The molecule has 1 aliphatic rings. The number of hydrogen-bond acceptors (Lipinski definition) is 2. The van der Waals surface area contributed by atoms with Crippen LogP contribution in [0.5, 0.6) is 0 Å². The summed E-state index contributed by atoms with van der Waals surface area (Å²) in [7, 11) is 0. The lowest BCUT2D eigenvalue weighted by molar-refractivity contribution is 0.139. The van der Waals surface area contributed by atoms with Crippen molar-refractivity contribution in [2.75, 3.05) is 13.1 Å². The minimum atomic E-state index is -0.356. The van der Waals surface area contributed by atoms with Crippen molar-refractivity contribution in [1.82, 2.24) is 4.90 Å². The van der Waals surface area contributed by atoms with Crippen molar-refractivity contribution in [1.29, 1.82) is 0 Å². The van der Waals surface area contributed by atoms with Crippen LogP contribution < -0.4 is 0 Å². The zero-order valence-corrected chi connectivity index (χ0v) is 12.7. The standard InChI is InChI=1S/C15H22BrNO/c1-11-8-12(2)17(10-11)7-6-15(18)13-4-3-5-14(16)9-13/h3-5,9,11-12,15,18H,6-8,10H2,1-2H3. The highest BCUT2D eigenvalue weighted by Crippen LogP contribution is 2.25. The second kappa shape index (κ2) is 6.18. The van der Waals surface area contributed by atoms with Gasteiger partial charge in [0.1, 0.15) is 0 Å². The maximum absolute atomic E-state index is 10.2. The van der Waals surface area contributed by atoms with Gasteiger partial charge < -0.3 is 10.0 Å². The van der Waals surface area contributed by atoms with Crippen LogP contribution in [0, 0.1) is 5.92 Å². The van der Waals surface area contributed by atoms with Crippen molar-refractivity contribution >= 4 is 15.9 Å². The number of hydrogen-bond donors (Lipinski definition) is 1. The zero-order chi connectivity index (χ0) is 13.1. The van der Waals surface area contributed by atoms with Crippen LogP contribution in [0.4, 0.5) is 0 Å². The van der Waals surface area contributed by atoms with E-state index in [1.807, 2.05) is 24.3 Å². The maximum Gasteiger partial charge on any atom is 0.0802 e. The Hall–Kier alpha value is -0.380. The third-order valence-electron chi connectivity index (χ3n) is 3.84. The van der Waals surface area contributed by atoms with Gasteiger partial charge in [-0.1, -0.05) is 35.0 Å². The summed E-state index contributed by atoms with van der Waals surface area (Å²) in [6.07, 6.45) is 1.74. The SMILES string of the molecule is CC1CC(C)N(CCC(O)c2cccc(Br)c2)C1. The van der Waals surface area contributed by atoms with Crippen molar-refractivity contribution in [3.8, 4) is 0 Å². The molecule has 1 aliphatic heterocycles. The van der Waals surface area contributed by atoms with E-state index in [1.54, 1.807) is 0 Å². The summed E-state index contributed by atoms with van der Waals surface area (Å²) in [5, 5.41) is 10.2. The molecule has 18 heavy (non-hydrogen) atoms. The molecule has 0 amide bonds. The third-order valence-corrected chi connectivity index (χ3v) is 4.33. The van der Waals surface area contributed by atoms with Gasteiger partial charge in [-0.3, -0.25) is 0 Å². The molecule has 3 unspecified atom stereocenters. The number of halogens is 1. The van der Waals surface area contributed by atoms with Crippen LogP contribution in [0.3, 0.4) is 0 Å². The van der Waals surface area contributed by atoms with Crippen LogP contribution in [0.2, 0.25) is 0 Å². The fourth-order valence-electron chi connectivity index (χ4n) is 2.87. The van der Waals surface area contributed by atoms with Crippen LogP contribution in [0.1, 0.15) is 38.4 Å². The highest BCUT2D eigenvalue weighted by molar-refractivity contribution is 9.10. The number of rotatable bonds is 4. The highest BCUT2D eigenvalue weighted by atomic mass is 79.9. The Morgan fingerprint density at radius 3 is 2.83 bits per heavy atom. The van der Waals surface area contributed by atoms with Gasteiger partial charge in [0, 0.05) is 23.6 Å². The van der Waals surface area contributed by atoms with Gasteiger partial charge in [-0.15, -0.1) is 0 Å². The molecule has 2 rings (SSSR count). The molecule has 0 spiro atoms. The van der Waals surface area contributed by atoms with Crippen molar-refractivity contribution in [2.24, 2.45) is 5.92 Å². The van der Waals surface area contributed by atoms with Crippen LogP contribution >= 0.6 is 15.9 Å². The smallest absolute Gasteiger partial charge is 0.0802 e. The number of benzene rings is 1. The van der Waals surface area contributed by atoms with Gasteiger partial charge in [0.25, 0.3) is 0 Å². The van der Waals surface area contributed by atoms with Crippen LogP contribution in [-0.2, 0) is 0 Å². The molecule has 1 fully saturated rings. The monoisotopic (exact) mass is 311 g/mol. The second-order valence-corrected chi connectivity index (χ2v) is 6.46. The molecule has 3 heteroatoms. The number of likely N-dealkylation sites (tertiary alicyclic amines) is 1. The highest BCUT2D eigenvalue weighted by Gasteiger charge is 2.26. The Balaban J connectivity index is 1.87. The average molecular weight is 312 g/mol. The van der Waals surface area contributed by atoms with Crippen molar-refractivity contribution in [3.05, 3.63) is 34.3 Å². The molecule has 0 aliphatic carbocycles. The van der Waals surface area contributed by atoms with Gasteiger partial charge in [-0.05, 0) is 43.4 Å². The first-order valence-electron chi connectivity index (χ1n) is 6.74. The molecule has 100 valence electrons. The summed E-state index contributed by atoms with van der Waals surface area (Å²) in [5.41, 5.74) is 1.00. The van der Waals surface area contributed by atoms with E-state index in [0.717, 1.165) is 28.9 Å².